The van der Waals surface area contributed by atoms with Crippen molar-refractivity contribution in [1.29, 1.82) is 0 Å². The van der Waals surface area contributed by atoms with Gasteiger partial charge >= 0.3 is 11.9 Å². The number of rotatable bonds is 3. The van der Waals surface area contributed by atoms with E-state index in [9.17, 15) is 9.59 Å². The van der Waals surface area contributed by atoms with Crippen LogP contribution >= 0.6 is 0 Å². The Bertz CT molecular complexity index is 629. The van der Waals surface area contributed by atoms with E-state index in [0.717, 1.165) is 16.8 Å². The van der Waals surface area contributed by atoms with Gasteiger partial charge < -0.3 is 19.5 Å². The summed E-state index contributed by atoms with van der Waals surface area (Å²) in [6.07, 6.45) is -0.348. The van der Waals surface area contributed by atoms with Gasteiger partial charge in [-0.25, -0.2) is 0 Å². The molecule has 2 aliphatic rings. The first-order valence-electron chi connectivity index (χ1n) is 7.77. The lowest BCUT2D eigenvalue weighted by Gasteiger charge is -2.45. The first-order valence-corrected chi connectivity index (χ1v) is 7.77. The number of esters is 2. The predicted octanol–water partition coefficient (Wildman–Crippen LogP) is 2.11. The Labute approximate surface area is 135 Å². The highest BCUT2D eigenvalue weighted by atomic mass is 16.6. The standard InChI is InChI=1S/C17H21NO5/c1-9-4-5-12-13(6-9)18-14-7-15(12)23-16(8-21-10(2)19)17(14)22-11(3)20/h4-6,14-18H,7-8H2,1-3H3/t14-,15-,16+,17-/m0/s1. The van der Waals surface area contributed by atoms with Crippen molar-refractivity contribution in [1.82, 2.24) is 0 Å². The molecular weight excluding hydrogens is 298 g/mol. The molecule has 6 nitrogen and oxygen atoms in total. The highest BCUT2D eigenvalue weighted by Gasteiger charge is 2.45. The quantitative estimate of drug-likeness (QED) is 0.860. The minimum atomic E-state index is -0.489. The number of carbonyl (C=O) groups excluding carboxylic acids is 2. The summed E-state index contributed by atoms with van der Waals surface area (Å²) in [7, 11) is 0. The molecule has 0 saturated carbocycles. The van der Waals surface area contributed by atoms with E-state index in [1.165, 1.54) is 13.8 Å². The Kier molecular flexibility index (Phi) is 4.26. The molecule has 4 atom stereocenters. The third-order valence-electron chi connectivity index (χ3n) is 4.22. The smallest absolute Gasteiger partial charge is 0.303 e. The van der Waals surface area contributed by atoms with Crippen LogP contribution in [0.5, 0.6) is 0 Å². The maximum atomic E-state index is 11.4. The van der Waals surface area contributed by atoms with Crippen LogP contribution in [0, 0.1) is 6.92 Å². The fourth-order valence-electron chi connectivity index (χ4n) is 3.27. The van der Waals surface area contributed by atoms with Crippen LogP contribution in [0.4, 0.5) is 5.69 Å². The molecule has 0 unspecified atom stereocenters. The average Bonchev–Trinajstić information content (AvgIpc) is 2.47. The van der Waals surface area contributed by atoms with Crippen molar-refractivity contribution in [3.8, 4) is 0 Å². The Hall–Kier alpha value is -2.08. The minimum absolute atomic E-state index is 0.0625. The van der Waals surface area contributed by atoms with Gasteiger partial charge in [0.05, 0.1) is 12.1 Å². The van der Waals surface area contributed by atoms with Crippen molar-refractivity contribution in [3.63, 3.8) is 0 Å². The normalized spacial score (nSPS) is 28.3. The van der Waals surface area contributed by atoms with Gasteiger partial charge in [0.25, 0.3) is 0 Å². The summed E-state index contributed by atoms with van der Waals surface area (Å²) in [5.74, 6) is -0.753. The van der Waals surface area contributed by atoms with E-state index in [0.29, 0.717) is 6.42 Å². The number of benzene rings is 1. The maximum absolute atomic E-state index is 11.4. The summed E-state index contributed by atoms with van der Waals surface area (Å²) in [5, 5.41) is 3.44. The summed E-state index contributed by atoms with van der Waals surface area (Å²) in [6.45, 7) is 4.82. The number of ether oxygens (including phenoxy) is 3. The lowest BCUT2D eigenvalue weighted by molar-refractivity contribution is -0.185. The van der Waals surface area contributed by atoms with Gasteiger partial charge in [0.2, 0.25) is 0 Å². The molecule has 23 heavy (non-hydrogen) atoms. The number of fused-ring (bicyclic) bond motifs is 4. The number of hydrogen-bond donors (Lipinski definition) is 1. The molecule has 2 aliphatic heterocycles. The van der Waals surface area contributed by atoms with Crippen molar-refractivity contribution >= 4 is 17.6 Å². The highest BCUT2D eigenvalue weighted by Crippen LogP contribution is 2.42. The second-order valence-electron chi connectivity index (χ2n) is 6.12. The van der Waals surface area contributed by atoms with E-state index in [4.69, 9.17) is 14.2 Å². The van der Waals surface area contributed by atoms with E-state index in [-0.39, 0.29) is 30.7 Å². The van der Waals surface area contributed by atoms with E-state index < -0.39 is 12.2 Å². The van der Waals surface area contributed by atoms with Gasteiger partial charge in [0, 0.05) is 31.5 Å². The van der Waals surface area contributed by atoms with Crippen molar-refractivity contribution in [3.05, 3.63) is 29.3 Å². The summed E-state index contributed by atoms with van der Waals surface area (Å²) in [6, 6.07) is 6.10. The molecule has 3 rings (SSSR count). The molecule has 1 aromatic carbocycles. The lowest BCUT2D eigenvalue weighted by atomic mass is 9.86. The van der Waals surface area contributed by atoms with Crippen molar-refractivity contribution < 1.29 is 23.8 Å². The van der Waals surface area contributed by atoms with Crippen LogP contribution in [0.2, 0.25) is 0 Å². The molecule has 124 valence electrons. The zero-order valence-electron chi connectivity index (χ0n) is 13.5. The summed E-state index contributed by atoms with van der Waals surface area (Å²) in [4.78, 5) is 22.5. The van der Waals surface area contributed by atoms with Crippen LogP contribution in [0.15, 0.2) is 18.2 Å². The molecule has 1 aromatic rings. The number of carbonyl (C=O) groups is 2. The molecule has 2 heterocycles. The predicted molar refractivity (Wildman–Crippen MR) is 83.0 cm³/mol. The molecule has 0 spiro atoms. The molecule has 6 heteroatoms. The van der Waals surface area contributed by atoms with Gasteiger partial charge in [0.1, 0.15) is 12.7 Å². The van der Waals surface area contributed by atoms with Crippen LogP contribution in [0.3, 0.4) is 0 Å². The fraction of sp³-hybridized carbons (Fsp3) is 0.529. The Morgan fingerprint density at radius 1 is 1.30 bits per heavy atom. The van der Waals surface area contributed by atoms with Crippen LogP contribution in [0.1, 0.15) is 37.5 Å². The van der Waals surface area contributed by atoms with Crippen LogP contribution < -0.4 is 5.32 Å². The summed E-state index contributed by atoms with van der Waals surface area (Å²) < 4.78 is 16.6. The number of aryl methyl sites for hydroxylation is 1. The molecule has 1 fully saturated rings. The molecule has 0 radical (unpaired) electrons. The van der Waals surface area contributed by atoms with Gasteiger partial charge in [-0.05, 0) is 18.6 Å². The Balaban J connectivity index is 1.87. The molecule has 0 aliphatic carbocycles. The van der Waals surface area contributed by atoms with Crippen LogP contribution in [-0.2, 0) is 23.8 Å². The third kappa shape index (κ3) is 3.32. The second kappa shape index (κ2) is 6.20. The van der Waals surface area contributed by atoms with Crippen molar-refractivity contribution in [2.24, 2.45) is 0 Å². The van der Waals surface area contributed by atoms with E-state index in [2.05, 4.69) is 11.4 Å². The molecule has 0 aromatic heterocycles. The monoisotopic (exact) mass is 319 g/mol. The van der Waals surface area contributed by atoms with E-state index in [1.807, 2.05) is 19.1 Å². The van der Waals surface area contributed by atoms with Crippen molar-refractivity contribution in [2.75, 3.05) is 11.9 Å². The zero-order valence-corrected chi connectivity index (χ0v) is 13.5. The number of nitrogens with one attached hydrogen (secondary N) is 1. The van der Waals surface area contributed by atoms with Gasteiger partial charge in [-0.3, -0.25) is 9.59 Å². The van der Waals surface area contributed by atoms with Crippen molar-refractivity contribution in [2.45, 2.75) is 51.5 Å². The molecular formula is C17H21NO5. The molecule has 1 saturated heterocycles. The first kappa shape index (κ1) is 15.8. The van der Waals surface area contributed by atoms with Gasteiger partial charge in [-0.15, -0.1) is 0 Å². The third-order valence-corrected chi connectivity index (χ3v) is 4.22. The Morgan fingerprint density at radius 3 is 2.78 bits per heavy atom. The topological polar surface area (TPSA) is 73.9 Å². The number of anilines is 1. The SMILES string of the molecule is CC(=O)OC[C@H]1O[C@H]2C[C@H](Nc3cc(C)ccc32)[C@@H]1OC(C)=O. The number of hydrogen-bond acceptors (Lipinski definition) is 6. The van der Waals surface area contributed by atoms with Gasteiger partial charge in [-0.2, -0.15) is 0 Å². The molecule has 1 N–H and O–H groups in total. The molecule has 2 bridgehead atoms. The van der Waals surface area contributed by atoms with Gasteiger partial charge in [-0.1, -0.05) is 12.1 Å². The lowest BCUT2D eigenvalue weighted by Crippen LogP contribution is -2.54. The van der Waals surface area contributed by atoms with E-state index >= 15 is 0 Å². The van der Waals surface area contributed by atoms with Crippen LogP contribution in [-0.4, -0.2) is 36.8 Å². The zero-order chi connectivity index (χ0) is 16.6. The average molecular weight is 319 g/mol. The van der Waals surface area contributed by atoms with E-state index in [1.54, 1.807) is 0 Å². The summed E-state index contributed by atoms with van der Waals surface area (Å²) >= 11 is 0. The van der Waals surface area contributed by atoms with Gasteiger partial charge in [0.15, 0.2) is 6.10 Å². The fourth-order valence-corrected chi connectivity index (χ4v) is 3.27. The maximum Gasteiger partial charge on any atom is 0.303 e. The minimum Gasteiger partial charge on any atom is -0.463 e. The summed E-state index contributed by atoms with van der Waals surface area (Å²) in [5.41, 5.74) is 3.24. The highest BCUT2D eigenvalue weighted by molar-refractivity contribution is 5.67. The second-order valence-corrected chi connectivity index (χ2v) is 6.12. The largest absolute Gasteiger partial charge is 0.463 e. The first-order chi connectivity index (χ1) is 10.9. The van der Waals surface area contributed by atoms with Crippen LogP contribution in [0.25, 0.3) is 0 Å². The Morgan fingerprint density at radius 2 is 2.09 bits per heavy atom. The molecule has 0 amide bonds.